The fourth-order valence-electron chi connectivity index (χ4n) is 2.64. The van der Waals surface area contributed by atoms with Crippen LogP contribution in [0.15, 0.2) is 0 Å². The normalized spacial score (nSPS) is 16.1. The fraction of sp³-hybridized carbons (Fsp3) is 0.800. The van der Waals surface area contributed by atoms with E-state index in [1.807, 2.05) is 34.0 Å². The molecule has 5 unspecified atom stereocenters. The number of amides is 3. The summed E-state index contributed by atoms with van der Waals surface area (Å²) < 4.78 is 0. The van der Waals surface area contributed by atoms with E-state index >= 15 is 0 Å². The minimum absolute atomic E-state index is 0.0367. The number of thioether (sulfide) groups is 1. The highest BCUT2D eigenvalue weighted by atomic mass is 32.2. The van der Waals surface area contributed by atoms with Crippen molar-refractivity contribution in [3.63, 3.8) is 0 Å². The van der Waals surface area contributed by atoms with E-state index in [4.69, 9.17) is 10.8 Å². The summed E-state index contributed by atoms with van der Waals surface area (Å²) in [6.07, 6.45) is 3.32. The quantitative estimate of drug-likeness (QED) is 0.264. The molecule has 0 saturated carbocycles. The molecule has 0 heterocycles. The maximum atomic E-state index is 12.9. The lowest BCUT2D eigenvalue weighted by atomic mass is 9.97. The lowest BCUT2D eigenvalue weighted by molar-refractivity contribution is -0.141. The Morgan fingerprint density at radius 2 is 1.47 bits per heavy atom. The molecular formula is C20H38N4O5S. The topological polar surface area (TPSA) is 151 Å². The Kier molecular flexibility index (Phi) is 13.4. The maximum absolute atomic E-state index is 12.9. The highest BCUT2D eigenvalue weighted by Gasteiger charge is 2.30. The summed E-state index contributed by atoms with van der Waals surface area (Å²) in [7, 11) is 0. The fourth-order valence-corrected chi connectivity index (χ4v) is 3.11. The summed E-state index contributed by atoms with van der Waals surface area (Å²) in [5, 5.41) is 16.8. The van der Waals surface area contributed by atoms with Gasteiger partial charge in [-0.15, -0.1) is 0 Å². The molecule has 0 fully saturated rings. The molecule has 0 spiro atoms. The van der Waals surface area contributed by atoms with Gasteiger partial charge in [-0.3, -0.25) is 19.2 Å². The zero-order valence-corrected chi connectivity index (χ0v) is 19.7. The Bertz CT molecular complexity index is 588. The van der Waals surface area contributed by atoms with E-state index < -0.39 is 47.9 Å². The van der Waals surface area contributed by atoms with Gasteiger partial charge in [0.05, 0.1) is 6.04 Å². The van der Waals surface area contributed by atoms with Gasteiger partial charge in [-0.2, -0.15) is 11.8 Å². The summed E-state index contributed by atoms with van der Waals surface area (Å²) in [5.74, 6) is -1.95. The van der Waals surface area contributed by atoms with Crippen molar-refractivity contribution in [3.8, 4) is 0 Å². The summed E-state index contributed by atoms with van der Waals surface area (Å²) in [6, 6.07) is -3.55. The van der Waals surface area contributed by atoms with Crippen LogP contribution in [0.25, 0.3) is 0 Å². The first-order chi connectivity index (χ1) is 13.9. The van der Waals surface area contributed by atoms with Gasteiger partial charge in [-0.1, -0.05) is 34.1 Å². The van der Waals surface area contributed by atoms with E-state index in [-0.39, 0.29) is 11.8 Å². The molecule has 0 rings (SSSR count). The lowest BCUT2D eigenvalue weighted by Gasteiger charge is -2.26. The van der Waals surface area contributed by atoms with Gasteiger partial charge in [-0.05, 0) is 43.6 Å². The number of hydrogen-bond donors (Lipinski definition) is 5. The third kappa shape index (κ3) is 10.3. The Balaban J connectivity index is 5.33. The van der Waals surface area contributed by atoms with Gasteiger partial charge in [0.15, 0.2) is 0 Å². The molecule has 9 nitrogen and oxygen atoms in total. The molecule has 3 amide bonds. The van der Waals surface area contributed by atoms with Crippen molar-refractivity contribution >= 4 is 35.5 Å². The van der Waals surface area contributed by atoms with Crippen molar-refractivity contribution in [2.75, 3.05) is 12.0 Å². The first-order valence-corrected chi connectivity index (χ1v) is 11.7. The molecule has 0 bridgehead atoms. The predicted octanol–water partition coefficient (Wildman–Crippen LogP) is 0.718. The second-order valence-electron chi connectivity index (χ2n) is 8.01. The molecule has 6 N–H and O–H groups in total. The van der Waals surface area contributed by atoms with Crippen LogP contribution in [0.3, 0.4) is 0 Å². The zero-order valence-electron chi connectivity index (χ0n) is 18.9. The zero-order chi connectivity index (χ0) is 23.4. The van der Waals surface area contributed by atoms with Crippen LogP contribution in [0.2, 0.25) is 0 Å². The molecule has 0 aromatic rings. The highest BCUT2D eigenvalue weighted by molar-refractivity contribution is 7.98. The van der Waals surface area contributed by atoms with Crippen molar-refractivity contribution in [2.24, 2.45) is 17.6 Å². The number of aliphatic carboxylic acids is 1. The van der Waals surface area contributed by atoms with Crippen LogP contribution in [-0.2, 0) is 19.2 Å². The molecule has 0 saturated heterocycles. The Hall–Kier alpha value is -1.81. The van der Waals surface area contributed by atoms with Crippen LogP contribution in [0.5, 0.6) is 0 Å². The van der Waals surface area contributed by atoms with Gasteiger partial charge in [0.2, 0.25) is 17.7 Å². The van der Waals surface area contributed by atoms with E-state index in [0.29, 0.717) is 18.6 Å². The highest BCUT2D eigenvalue weighted by Crippen LogP contribution is 2.10. The standard InChI is InChI=1S/C20H38N4O5S/c1-7-12(4)16(21)19(27)24-15(10-11(2)3)18(26)23-14(8-9-30-6)17(25)22-13(5)20(28)29/h11-16H,7-10,21H2,1-6H3,(H,22,25)(H,23,26)(H,24,27)(H,28,29). The average Bonchev–Trinajstić information content (AvgIpc) is 2.68. The summed E-state index contributed by atoms with van der Waals surface area (Å²) in [4.78, 5) is 48.9. The van der Waals surface area contributed by atoms with E-state index in [2.05, 4.69) is 16.0 Å². The molecule has 5 atom stereocenters. The Morgan fingerprint density at radius 1 is 0.933 bits per heavy atom. The third-order valence-corrected chi connectivity index (χ3v) is 5.52. The molecule has 10 heteroatoms. The third-order valence-electron chi connectivity index (χ3n) is 4.87. The molecule has 30 heavy (non-hydrogen) atoms. The number of carboxylic acid groups (broad SMARTS) is 1. The van der Waals surface area contributed by atoms with Crippen LogP contribution >= 0.6 is 11.8 Å². The molecule has 0 aliphatic rings. The van der Waals surface area contributed by atoms with Crippen LogP contribution in [0, 0.1) is 11.8 Å². The second-order valence-corrected chi connectivity index (χ2v) is 9.00. The van der Waals surface area contributed by atoms with Crippen LogP contribution in [0.1, 0.15) is 53.9 Å². The summed E-state index contributed by atoms with van der Waals surface area (Å²) in [6.45, 7) is 9.00. The first-order valence-electron chi connectivity index (χ1n) is 10.3. The van der Waals surface area contributed by atoms with Crippen molar-refractivity contribution in [3.05, 3.63) is 0 Å². The SMILES string of the molecule is CCC(C)C(N)C(=O)NC(CC(C)C)C(=O)NC(CCSC)C(=O)NC(C)C(=O)O. The van der Waals surface area contributed by atoms with Gasteiger partial charge >= 0.3 is 5.97 Å². The lowest BCUT2D eigenvalue weighted by Crippen LogP contribution is -2.57. The van der Waals surface area contributed by atoms with Gasteiger partial charge < -0.3 is 26.8 Å². The number of carbonyl (C=O) groups is 4. The molecule has 174 valence electrons. The Morgan fingerprint density at radius 3 is 1.93 bits per heavy atom. The molecule has 0 aliphatic heterocycles. The van der Waals surface area contributed by atoms with Gasteiger partial charge in [-0.25, -0.2) is 0 Å². The number of rotatable bonds is 14. The number of nitrogens with one attached hydrogen (secondary N) is 3. The molecular weight excluding hydrogens is 408 g/mol. The van der Waals surface area contributed by atoms with Gasteiger partial charge in [0.25, 0.3) is 0 Å². The largest absolute Gasteiger partial charge is 0.480 e. The predicted molar refractivity (Wildman–Crippen MR) is 119 cm³/mol. The summed E-state index contributed by atoms with van der Waals surface area (Å²) in [5.41, 5.74) is 5.98. The maximum Gasteiger partial charge on any atom is 0.325 e. The van der Waals surface area contributed by atoms with Gasteiger partial charge in [0, 0.05) is 0 Å². The van der Waals surface area contributed by atoms with E-state index in [1.54, 1.807) is 0 Å². The first kappa shape index (κ1) is 28.2. The van der Waals surface area contributed by atoms with Crippen molar-refractivity contribution in [1.82, 2.24) is 16.0 Å². The number of carboxylic acids is 1. The number of nitrogens with two attached hydrogens (primary N) is 1. The minimum Gasteiger partial charge on any atom is -0.480 e. The Labute approximate surface area is 183 Å². The molecule has 0 aliphatic carbocycles. The van der Waals surface area contributed by atoms with Crippen LogP contribution in [0.4, 0.5) is 0 Å². The van der Waals surface area contributed by atoms with E-state index in [1.165, 1.54) is 18.7 Å². The average molecular weight is 447 g/mol. The van der Waals surface area contributed by atoms with Crippen molar-refractivity contribution < 1.29 is 24.3 Å². The number of hydrogen-bond acceptors (Lipinski definition) is 6. The number of carbonyl (C=O) groups excluding carboxylic acids is 3. The van der Waals surface area contributed by atoms with Crippen LogP contribution in [-0.4, -0.2) is 65.0 Å². The minimum atomic E-state index is -1.16. The van der Waals surface area contributed by atoms with Crippen LogP contribution < -0.4 is 21.7 Å². The molecule has 0 radical (unpaired) electrons. The smallest absolute Gasteiger partial charge is 0.325 e. The van der Waals surface area contributed by atoms with Crippen molar-refractivity contribution in [1.29, 1.82) is 0 Å². The van der Waals surface area contributed by atoms with Crippen molar-refractivity contribution in [2.45, 2.75) is 78.0 Å². The molecule has 0 aromatic heterocycles. The van der Waals surface area contributed by atoms with E-state index in [0.717, 1.165) is 6.42 Å². The van der Waals surface area contributed by atoms with E-state index in [9.17, 15) is 19.2 Å². The summed E-state index contributed by atoms with van der Waals surface area (Å²) >= 11 is 1.51. The molecule has 0 aromatic carbocycles. The van der Waals surface area contributed by atoms with Gasteiger partial charge in [0.1, 0.15) is 18.1 Å². The monoisotopic (exact) mass is 446 g/mol. The second kappa shape index (κ2) is 14.2.